The lowest BCUT2D eigenvalue weighted by Crippen LogP contribution is -2.52. The first kappa shape index (κ1) is 20.4. The molecular weight excluding hydrogens is 437 g/mol. The standard InChI is InChI=1S/C21H16FN5O6/c1-32-12-3-2-9-7-27(18(29)15(9)16(12)22)8-21(19(30)25-20(31)26-21)14-5-11-13(33-14)4-10(6-24-11)17(23)28/h2-6H,7-8H2,1H3,(H2,23,28)(H2,25,26,30,31)/t21-/m0/s1. The highest BCUT2D eigenvalue weighted by molar-refractivity contribution is 6.08. The van der Waals surface area contributed by atoms with E-state index in [1.54, 1.807) is 6.07 Å². The number of imide groups is 1. The first-order chi connectivity index (χ1) is 15.7. The number of methoxy groups -OCH3 is 1. The molecule has 5 rings (SSSR count). The van der Waals surface area contributed by atoms with E-state index in [1.165, 1.54) is 36.4 Å². The van der Waals surface area contributed by atoms with E-state index in [2.05, 4.69) is 15.6 Å². The number of carbonyl (C=O) groups is 4. The van der Waals surface area contributed by atoms with Gasteiger partial charge in [0, 0.05) is 18.8 Å². The van der Waals surface area contributed by atoms with E-state index in [0.717, 1.165) is 0 Å². The Hall–Kier alpha value is -4.48. The third kappa shape index (κ3) is 2.98. The Kier molecular flexibility index (Phi) is 4.34. The number of hydrogen-bond acceptors (Lipinski definition) is 7. The summed E-state index contributed by atoms with van der Waals surface area (Å²) in [7, 11) is 1.29. The number of ether oxygens (including phenoxy) is 1. The van der Waals surface area contributed by atoms with Gasteiger partial charge in [-0.25, -0.2) is 9.18 Å². The van der Waals surface area contributed by atoms with Crippen LogP contribution in [0, 0.1) is 5.82 Å². The van der Waals surface area contributed by atoms with E-state index >= 15 is 0 Å². The molecule has 33 heavy (non-hydrogen) atoms. The average molecular weight is 453 g/mol. The lowest BCUT2D eigenvalue weighted by molar-refractivity contribution is -0.125. The maximum Gasteiger partial charge on any atom is 0.322 e. The highest BCUT2D eigenvalue weighted by Crippen LogP contribution is 2.36. The van der Waals surface area contributed by atoms with Crippen LogP contribution in [0.4, 0.5) is 9.18 Å². The Morgan fingerprint density at radius 1 is 1.33 bits per heavy atom. The molecule has 2 aliphatic rings. The summed E-state index contributed by atoms with van der Waals surface area (Å²) in [6.07, 6.45) is 1.25. The van der Waals surface area contributed by atoms with Crippen LogP contribution in [0.5, 0.6) is 5.75 Å². The van der Waals surface area contributed by atoms with E-state index in [4.69, 9.17) is 14.9 Å². The van der Waals surface area contributed by atoms with E-state index < -0.39 is 35.1 Å². The van der Waals surface area contributed by atoms with Crippen molar-refractivity contribution in [3.05, 3.63) is 58.7 Å². The lowest BCUT2D eigenvalue weighted by atomic mass is 9.95. The molecule has 4 heterocycles. The summed E-state index contributed by atoms with van der Waals surface area (Å²) < 4.78 is 25.4. The quantitative estimate of drug-likeness (QED) is 0.482. The molecule has 0 radical (unpaired) electrons. The van der Waals surface area contributed by atoms with Crippen LogP contribution >= 0.6 is 0 Å². The topological polar surface area (TPSA) is 157 Å². The fraction of sp³-hybridized carbons (Fsp3) is 0.190. The normalized spacial score (nSPS) is 19.6. The van der Waals surface area contributed by atoms with Crippen LogP contribution in [0.2, 0.25) is 0 Å². The molecule has 1 atom stereocenters. The molecule has 2 aliphatic heterocycles. The number of nitrogens with zero attached hydrogens (tertiary/aromatic N) is 2. The van der Waals surface area contributed by atoms with Crippen molar-refractivity contribution >= 4 is 34.9 Å². The number of urea groups is 1. The summed E-state index contributed by atoms with van der Waals surface area (Å²) in [5.41, 5.74) is 4.27. The van der Waals surface area contributed by atoms with Gasteiger partial charge in [0.2, 0.25) is 5.91 Å². The Bertz CT molecular complexity index is 1380. The molecule has 0 bridgehead atoms. The van der Waals surface area contributed by atoms with Crippen LogP contribution in [0.25, 0.3) is 11.1 Å². The second-order valence-electron chi connectivity index (χ2n) is 7.67. The number of benzene rings is 1. The van der Waals surface area contributed by atoms with E-state index in [9.17, 15) is 23.6 Å². The molecule has 1 fully saturated rings. The van der Waals surface area contributed by atoms with E-state index in [0.29, 0.717) is 11.1 Å². The van der Waals surface area contributed by atoms with Crippen LogP contribution in [0.1, 0.15) is 32.0 Å². The first-order valence-electron chi connectivity index (χ1n) is 9.71. The van der Waals surface area contributed by atoms with Gasteiger partial charge >= 0.3 is 6.03 Å². The number of pyridine rings is 1. The van der Waals surface area contributed by atoms with Gasteiger partial charge in [-0.05, 0) is 17.7 Å². The lowest BCUT2D eigenvalue weighted by Gasteiger charge is -2.28. The minimum atomic E-state index is -1.80. The second kappa shape index (κ2) is 7.02. The zero-order chi connectivity index (χ0) is 23.5. The smallest absolute Gasteiger partial charge is 0.322 e. The zero-order valence-electron chi connectivity index (χ0n) is 17.1. The van der Waals surface area contributed by atoms with E-state index in [1.807, 2.05) is 0 Å². The maximum absolute atomic E-state index is 14.7. The predicted molar refractivity (Wildman–Crippen MR) is 109 cm³/mol. The van der Waals surface area contributed by atoms with Crippen molar-refractivity contribution in [3.63, 3.8) is 0 Å². The molecule has 12 heteroatoms. The Balaban J connectivity index is 1.56. The summed E-state index contributed by atoms with van der Waals surface area (Å²) in [4.78, 5) is 54.8. The van der Waals surface area contributed by atoms with Crippen molar-refractivity contribution in [3.8, 4) is 5.75 Å². The van der Waals surface area contributed by atoms with Gasteiger partial charge in [-0.2, -0.15) is 0 Å². The van der Waals surface area contributed by atoms with Crippen molar-refractivity contribution in [2.75, 3.05) is 13.7 Å². The van der Waals surface area contributed by atoms with E-state index in [-0.39, 0.29) is 41.3 Å². The first-order valence-corrected chi connectivity index (χ1v) is 9.71. The molecule has 1 aromatic carbocycles. The summed E-state index contributed by atoms with van der Waals surface area (Å²) >= 11 is 0. The highest BCUT2D eigenvalue weighted by atomic mass is 19.1. The fourth-order valence-electron chi connectivity index (χ4n) is 4.08. The van der Waals surface area contributed by atoms with Crippen molar-refractivity contribution in [1.82, 2.24) is 20.5 Å². The third-order valence-electron chi connectivity index (χ3n) is 5.72. The minimum absolute atomic E-state index is 0.00425. The predicted octanol–water partition coefficient (Wildman–Crippen LogP) is 0.765. The Morgan fingerprint density at radius 3 is 2.79 bits per heavy atom. The van der Waals surface area contributed by atoms with Crippen LogP contribution in [-0.2, 0) is 16.9 Å². The van der Waals surface area contributed by atoms with Gasteiger partial charge in [0.15, 0.2) is 22.7 Å². The number of carbonyl (C=O) groups excluding carboxylic acids is 4. The molecule has 0 unspecified atom stereocenters. The number of hydrogen-bond donors (Lipinski definition) is 3. The molecule has 11 nitrogen and oxygen atoms in total. The summed E-state index contributed by atoms with van der Waals surface area (Å²) in [5, 5.41) is 4.66. The molecular formula is C21H16FN5O6. The molecule has 5 amide bonds. The molecule has 0 aliphatic carbocycles. The number of nitrogens with two attached hydrogens (primary N) is 1. The van der Waals surface area contributed by atoms with Gasteiger partial charge in [-0.3, -0.25) is 24.7 Å². The number of amides is 5. The largest absolute Gasteiger partial charge is 0.494 e. The van der Waals surface area contributed by atoms with Crippen molar-refractivity contribution in [2.24, 2.45) is 5.73 Å². The second-order valence-corrected chi connectivity index (χ2v) is 7.67. The van der Waals surface area contributed by atoms with Crippen molar-refractivity contribution < 1.29 is 32.7 Å². The van der Waals surface area contributed by atoms with Gasteiger partial charge in [0.05, 0.1) is 24.8 Å². The number of fused-ring (bicyclic) bond motifs is 2. The number of aromatic nitrogens is 1. The Morgan fingerprint density at radius 2 is 2.12 bits per heavy atom. The number of furan rings is 1. The van der Waals surface area contributed by atoms with Crippen LogP contribution in [-0.4, -0.2) is 47.3 Å². The fourth-order valence-corrected chi connectivity index (χ4v) is 4.08. The summed E-state index contributed by atoms with van der Waals surface area (Å²) in [6, 6.07) is 4.96. The molecule has 168 valence electrons. The number of nitrogens with one attached hydrogen (secondary N) is 2. The van der Waals surface area contributed by atoms with Crippen LogP contribution < -0.4 is 21.1 Å². The molecule has 0 spiro atoms. The van der Waals surface area contributed by atoms with Gasteiger partial charge in [0.25, 0.3) is 11.8 Å². The molecule has 3 aromatic rings. The average Bonchev–Trinajstić information content (AvgIpc) is 3.42. The molecule has 4 N–H and O–H groups in total. The number of halogens is 1. The number of primary amides is 1. The monoisotopic (exact) mass is 453 g/mol. The summed E-state index contributed by atoms with van der Waals surface area (Å²) in [5.74, 6) is -3.05. The molecule has 1 saturated heterocycles. The van der Waals surface area contributed by atoms with Gasteiger partial charge < -0.3 is 25.1 Å². The molecule has 2 aromatic heterocycles. The number of rotatable bonds is 5. The summed E-state index contributed by atoms with van der Waals surface area (Å²) in [6.45, 7) is -0.341. The van der Waals surface area contributed by atoms with Crippen molar-refractivity contribution in [2.45, 2.75) is 12.1 Å². The third-order valence-corrected chi connectivity index (χ3v) is 5.72. The van der Waals surface area contributed by atoms with Crippen LogP contribution in [0.15, 0.2) is 34.9 Å². The Labute approximate surface area is 184 Å². The SMILES string of the molecule is COc1ccc2c(c1F)C(=O)N(C[C@@]1(c3cc4ncc(C(N)=O)cc4o3)NC(=O)NC1=O)C2. The maximum atomic E-state index is 14.7. The zero-order valence-corrected chi connectivity index (χ0v) is 17.1. The van der Waals surface area contributed by atoms with Gasteiger partial charge in [0.1, 0.15) is 11.3 Å². The highest BCUT2D eigenvalue weighted by Gasteiger charge is 2.53. The minimum Gasteiger partial charge on any atom is -0.494 e. The van der Waals surface area contributed by atoms with Gasteiger partial charge in [-0.1, -0.05) is 6.07 Å². The van der Waals surface area contributed by atoms with Crippen LogP contribution in [0.3, 0.4) is 0 Å². The van der Waals surface area contributed by atoms with Gasteiger partial charge in [-0.15, -0.1) is 0 Å². The van der Waals surface area contributed by atoms with Crippen molar-refractivity contribution in [1.29, 1.82) is 0 Å². The molecule has 0 saturated carbocycles.